The van der Waals surface area contributed by atoms with E-state index < -0.39 is 0 Å². The Morgan fingerprint density at radius 3 is 2.87 bits per heavy atom. The van der Waals surface area contributed by atoms with Crippen LogP contribution in [0.2, 0.25) is 0 Å². The molecule has 0 bridgehead atoms. The summed E-state index contributed by atoms with van der Waals surface area (Å²) in [5.41, 5.74) is 3.18. The average Bonchev–Trinajstić information content (AvgIpc) is 2.86. The second-order valence-electron chi connectivity index (χ2n) is 4.73. The fraction of sp³-hybridized carbons (Fsp3) is 0.200. The minimum atomic E-state index is 0.0674. The van der Waals surface area contributed by atoms with Crippen molar-refractivity contribution in [3.63, 3.8) is 0 Å². The molecule has 0 radical (unpaired) electrons. The molecule has 0 aliphatic heterocycles. The van der Waals surface area contributed by atoms with Crippen LogP contribution < -0.4 is 5.32 Å². The van der Waals surface area contributed by atoms with Crippen LogP contribution in [0.1, 0.15) is 28.5 Å². The molecule has 2 aromatic rings. The second kappa shape index (κ2) is 7.90. The predicted octanol–water partition coefficient (Wildman–Crippen LogP) is 4.87. The van der Waals surface area contributed by atoms with Gasteiger partial charge in [-0.1, -0.05) is 0 Å². The third-order valence-corrected chi connectivity index (χ3v) is 4.59. The first-order chi connectivity index (χ1) is 11.0. The van der Waals surface area contributed by atoms with Crippen LogP contribution in [-0.4, -0.2) is 26.5 Å². The maximum absolute atomic E-state index is 10.8. The Hall–Kier alpha value is -1.44. The number of anilines is 1. The molecule has 0 saturated carbocycles. The maximum Gasteiger partial charge on any atom is 0.167 e. The fourth-order valence-corrected chi connectivity index (χ4v) is 3.47. The second-order valence-corrected chi connectivity index (χ2v) is 6.43. The van der Waals surface area contributed by atoms with Gasteiger partial charge in [0, 0.05) is 18.3 Å². The number of nitrogens with zero attached hydrogens (tertiary/aromatic N) is 2. The Labute approximate surface area is 151 Å². The molecule has 2 N–H and O–H groups in total. The molecule has 2 rings (SSSR count). The first-order valence-corrected chi connectivity index (χ1v) is 9.18. The van der Waals surface area contributed by atoms with E-state index in [0.29, 0.717) is 33.8 Å². The van der Waals surface area contributed by atoms with Crippen molar-refractivity contribution < 1.29 is 9.90 Å². The highest BCUT2D eigenvalue weighted by atomic mass is 79.9. The van der Waals surface area contributed by atoms with Gasteiger partial charge in [-0.05, 0) is 64.2 Å². The molecular weight excluding hydrogens is 402 g/mol. The van der Waals surface area contributed by atoms with Gasteiger partial charge in [0.1, 0.15) is 16.6 Å². The Bertz CT molecular complexity index is 761. The number of aromatic hydroxyl groups is 1. The number of aromatic nitrogens is 1. The number of hydrogen-bond acceptors (Lipinski definition) is 5. The molecule has 5 nitrogen and oxygen atoms in total. The summed E-state index contributed by atoms with van der Waals surface area (Å²) in [6.07, 6.45) is 2.49. The van der Waals surface area contributed by atoms with E-state index in [1.807, 2.05) is 13.8 Å². The molecule has 0 amide bonds. The van der Waals surface area contributed by atoms with Crippen LogP contribution in [0, 0.1) is 6.92 Å². The monoisotopic (exact) mass is 415 g/mol. The van der Waals surface area contributed by atoms with Gasteiger partial charge in [-0.2, -0.15) is 0 Å². The molecule has 0 fully saturated rings. The average molecular weight is 417 g/mol. The zero-order chi connectivity index (χ0) is 17.0. The van der Waals surface area contributed by atoms with Gasteiger partial charge in [-0.15, -0.1) is 0 Å². The Kier molecular flexibility index (Phi) is 6.15. The van der Waals surface area contributed by atoms with Crippen molar-refractivity contribution in [3.8, 4) is 5.75 Å². The van der Waals surface area contributed by atoms with E-state index >= 15 is 0 Å². The number of nitrogens with one attached hydrogen (secondary N) is 1. The van der Waals surface area contributed by atoms with Crippen LogP contribution in [0.5, 0.6) is 5.75 Å². The number of carbonyl (C=O) groups excluding carboxylic acids is 1. The lowest BCUT2D eigenvalue weighted by Crippen LogP contribution is -1.97. The van der Waals surface area contributed by atoms with E-state index in [0.717, 1.165) is 23.0 Å². The van der Waals surface area contributed by atoms with Crippen molar-refractivity contribution in [1.29, 1.82) is 0 Å². The summed E-state index contributed by atoms with van der Waals surface area (Å²) in [5.74, 6) is 0.0674. The van der Waals surface area contributed by atoms with Crippen molar-refractivity contribution in [3.05, 3.63) is 41.2 Å². The summed E-state index contributed by atoms with van der Waals surface area (Å²) < 4.78 is 2.05. The van der Waals surface area contributed by atoms with Crippen LogP contribution in [-0.2, 0) is 0 Å². The number of aryl methyl sites for hydroxylation is 1. The number of rotatable bonds is 6. The molecule has 8 heteroatoms. The highest BCUT2D eigenvalue weighted by Crippen LogP contribution is 2.36. The first kappa shape index (κ1) is 17.9. The molecule has 122 valence electrons. The lowest BCUT2D eigenvalue weighted by molar-refractivity contribution is 0.112. The lowest BCUT2D eigenvalue weighted by Gasteiger charge is -2.05. The summed E-state index contributed by atoms with van der Waals surface area (Å²) >= 11 is 4.34. The summed E-state index contributed by atoms with van der Waals surface area (Å²) in [7, 11) is 5.86. The topological polar surface area (TPSA) is 66.6 Å². The predicted molar refractivity (Wildman–Crippen MR) is 101 cm³/mol. The van der Waals surface area contributed by atoms with Crippen molar-refractivity contribution in [2.24, 2.45) is 4.99 Å². The van der Waals surface area contributed by atoms with E-state index in [-0.39, 0.29) is 5.75 Å². The summed E-state index contributed by atoms with van der Waals surface area (Å²) in [5, 5.41) is 13.4. The third kappa shape index (κ3) is 3.91. The van der Waals surface area contributed by atoms with Gasteiger partial charge in [-0.3, -0.25) is 8.77 Å². The minimum absolute atomic E-state index is 0.0674. The van der Waals surface area contributed by atoms with Gasteiger partial charge in [0.15, 0.2) is 5.75 Å². The van der Waals surface area contributed by atoms with Crippen LogP contribution in [0.3, 0.4) is 0 Å². The van der Waals surface area contributed by atoms with Crippen molar-refractivity contribution >= 4 is 60.1 Å². The van der Waals surface area contributed by atoms with E-state index in [1.165, 1.54) is 0 Å². The maximum atomic E-state index is 10.8. The van der Waals surface area contributed by atoms with E-state index in [9.17, 15) is 9.90 Å². The van der Waals surface area contributed by atoms with Gasteiger partial charge in [0.25, 0.3) is 0 Å². The molecule has 0 saturated heterocycles. The summed E-state index contributed by atoms with van der Waals surface area (Å²) in [6, 6.07) is 5.20. The van der Waals surface area contributed by atoms with Crippen molar-refractivity contribution in [2.45, 2.75) is 13.8 Å². The standard InChI is InChI=1S/C15H15BrClN3O2S/c1-3-18-12-7-20(23-17)13(14(12)22)15(16)19-11-5-4-10(8-21)6-9(11)2/h4-8,18,22H,3H2,1-2H3. The first-order valence-electron chi connectivity index (χ1n) is 6.79. The summed E-state index contributed by atoms with van der Waals surface area (Å²) in [6.45, 7) is 4.47. The quantitative estimate of drug-likeness (QED) is 0.521. The molecule has 1 aromatic heterocycles. The number of aldehydes is 1. The van der Waals surface area contributed by atoms with E-state index in [2.05, 4.69) is 26.2 Å². The molecule has 0 unspecified atom stereocenters. The zero-order valence-corrected chi connectivity index (χ0v) is 15.7. The normalized spacial score (nSPS) is 11.6. The lowest BCUT2D eigenvalue weighted by atomic mass is 10.1. The Morgan fingerprint density at radius 1 is 1.57 bits per heavy atom. The number of hydrogen-bond donors (Lipinski definition) is 2. The molecule has 1 heterocycles. The van der Waals surface area contributed by atoms with Gasteiger partial charge in [-0.25, -0.2) is 4.99 Å². The van der Waals surface area contributed by atoms with Crippen LogP contribution in [0.4, 0.5) is 11.4 Å². The molecule has 0 aliphatic carbocycles. The van der Waals surface area contributed by atoms with Crippen molar-refractivity contribution in [1.82, 2.24) is 3.97 Å². The number of benzene rings is 1. The number of halogens is 2. The zero-order valence-electron chi connectivity index (χ0n) is 12.5. The van der Waals surface area contributed by atoms with Gasteiger partial charge in [0.05, 0.1) is 22.5 Å². The van der Waals surface area contributed by atoms with Gasteiger partial charge < -0.3 is 10.4 Å². The Morgan fingerprint density at radius 2 is 2.30 bits per heavy atom. The molecule has 23 heavy (non-hydrogen) atoms. The molecule has 0 aliphatic rings. The van der Waals surface area contributed by atoms with E-state index in [1.54, 1.807) is 28.4 Å². The fourth-order valence-electron chi connectivity index (χ4n) is 2.07. The van der Waals surface area contributed by atoms with Crippen LogP contribution in [0.25, 0.3) is 0 Å². The molecular formula is C15H15BrClN3O2S. The highest BCUT2D eigenvalue weighted by molar-refractivity contribution is 9.18. The smallest absolute Gasteiger partial charge is 0.167 e. The van der Waals surface area contributed by atoms with Gasteiger partial charge in [0.2, 0.25) is 0 Å². The Balaban J connectivity index is 2.47. The molecule has 0 atom stereocenters. The van der Waals surface area contributed by atoms with Crippen LogP contribution >= 0.6 is 37.8 Å². The number of carbonyl (C=O) groups is 1. The largest absolute Gasteiger partial charge is 0.504 e. The minimum Gasteiger partial charge on any atom is -0.504 e. The highest BCUT2D eigenvalue weighted by Gasteiger charge is 2.19. The van der Waals surface area contributed by atoms with Crippen LogP contribution in [0.15, 0.2) is 29.4 Å². The van der Waals surface area contributed by atoms with Crippen molar-refractivity contribution in [2.75, 3.05) is 11.9 Å². The SMILES string of the molecule is CCNc1cn(SCl)c(C(Br)=Nc2ccc(C=O)cc2C)c1O. The molecule has 1 aromatic carbocycles. The number of aliphatic imine (C=N–C) groups is 1. The van der Waals surface area contributed by atoms with Gasteiger partial charge >= 0.3 is 0 Å². The van der Waals surface area contributed by atoms with E-state index in [4.69, 9.17) is 10.7 Å². The summed E-state index contributed by atoms with van der Waals surface area (Å²) in [4.78, 5) is 15.3. The molecule has 0 spiro atoms. The third-order valence-electron chi connectivity index (χ3n) is 3.16.